The number of nitro groups is 1. The van der Waals surface area contributed by atoms with Gasteiger partial charge in [-0.25, -0.2) is 0 Å². The number of amides is 1. The van der Waals surface area contributed by atoms with Crippen molar-refractivity contribution >= 4 is 23.0 Å². The van der Waals surface area contributed by atoms with Crippen LogP contribution in [0.4, 0.5) is 17.1 Å². The van der Waals surface area contributed by atoms with Gasteiger partial charge in [0, 0.05) is 25.2 Å². The zero-order chi connectivity index (χ0) is 15.1. The highest BCUT2D eigenvalue weighted by Gasteiger charge is 2.14. The molecule has 0 aromatic heterocycles. The number of benzene rings is 1. The summed E-state index contributed by atoms with van der Waals surface area (Å²) in [6.07, 6.45) is 0.887. The van der Waals surface area contributed by atoms with Crippen molar-refractivity contribution in [3.8, 4) is 0 Å². The van der Waals surface area contributed by atoms with Crippen molar-refractivity contribution in [1.82, 2.24) is 4.90 Å². The summed E-state index contributed by atoms with van der Waals surface area (Å²) in [6, 6.07) is 4.61. The van der Waals surface area contributed by atoms with Gasteiger partial charge < -0.3 is 15.5 Å². The molecule has 7 nitrogen and oxygen atoms in total. The quantitative estimate of drug-likeness (QED) is 0.452. The molecular weight excluding hydrogens is 260 g/mol. The van der Waals surface area contributed by atoms with Crippen LogP contribution in [-0.2, 0) is 4.79 Å². The Morgan fingerprint density at radius 2 is 2.10 bits per heavy atom. The zero-order valence-corrected chi connectivity index (χ0v) is 12.0. The predicted octanol–water partition coefficient (Wildman–Crippen LogP) is 1.92. The third-order valence-corrected chi connectivity index (χ3v) is 2.61. The van der Waals surface area contributed by atoms with Crippen LogP contribution in [0.3, 0.4) is 0 Å². The number of hydrogen-bond donors (Lipinski definition) is 2. The summed E-state index contributed by atoms with van der Waals surface area (Å²) >= 11 is 0. The van der Waals surface area contributed by atoms with Crippen molar-refractivity contribution < 1.29 is 9.72 Å². The molecule has 0 unspecified atom stereocenters. The van der Waals surface area contributed by atoms with Gasteiger partial charge in [0.2, 0.25) is 5.91 Å². The fourth-order valence-electron chi connectivity index (χ4n) is 1.73. The number of rotatable bonds is 7. The van der Waals surface area contributed by atoms with E-state index in [4.69, 9.17) is 0 Å². The van der Waals surface area contributed by atoms with Crippen molar-refractivity contribution in [3.63, 3.8) is 0 Å². The molecule has 0 aliphatic rings. The standard InChI is InChI=1S/C13H20N4O3/c1-10(18)15-11-5-6-12(13(9-11)17(19)20)14-7-4-8-16(2)3/h5-6,9,14H,4,7-8H2,1-3H3,(H,15,18). The maximum absolute atomic E-state index is 11.0. The lowest BCUT2D eigenvalue weighted by molar-refractivity contribution is -0.383. The van der Waals surface area contributed by atoms with Crippen molar-refractivity contribution in [1.29, 1.82) is 0 Å². The fourth-order valence-corrected chi connectivity index (χ4v) is 1.73. The maximum atomic E-state index is 11.0. The lowest BCUT2D eigenvalue weighted by atomic mass is 10.2. The summed E-state index contributed by atoms with van der Waals surface area (Å²) in [5.74, 6) is -0.258. The molecule has 110 valence electrons. The summed E-state index contributed by atoms with van der Waals surface area (Å²) in [7, 11) is 3.95. The van der Waals surface area contributed by atoms with Gasteiger partial charge in [0.1, 0.15) is 5.69 Å². The first-order chi connectivity index (χ1) is 9.40. The topological polar surface area (TPSA) is 87.5 Å². The van der Waals surface area contributed by atoms with Gasteiger partial charge in [-0.15, -0.1) is 0 Å². The Labute approximate surface area is 118 Å². The number of nitrogens with zero attached hydrogens (tertiary/aromatic N) is 2. The molecule has 0 bridgehead atoms. The molecule has 7 heteroatoms. The van der Waals surface area contributed by atoms with Gasteiger partial charge in [0.15, 0.2) is 0 Å². The van der Waals surface area contributed by atoms with Crippen LogP contribution in [0.2, 0.25) is 0 Å². The normalized spacial score (nSPS) is 10.4. The molecule has 0 spiro atoms. The van der Waals surface area contributed by atoms with Crippen LogP contribution < -0.4 is 10.6 Å². The van der Waals surface area contributed by atoms with Gasteiger partial charge in [0.25, 0.3) is 5.69 Å². The van der Waals surface area contributed by atoms with Crippen molar-refractivity contribution in [2.45, 2.75) is 13.3 Å². The van der Waals surface area contributed by atoms with Crippen LogP contribution in [-0.4, -0.2) is 42.9 Å². The minimum Gasteiger partial charge on any atom is -0.379 e. The molecule has 0 radical (unpaired) electrons. The summed E-state index contributed by atoms with van der Waals surface area (Å²) in [4.78, 5) is 23.6. The van der Waals surface area contributed by atoms with E-state index >= 15 is 0 Å². The largest absolute Gasteiger partial charge is 0.379 e. The molecule has 0 heterocycles. The summed E-state index contributed by atoms with van der Waals surface area (Å²) < 4.78 is 0. The van der Waals surface area contributed by atoms with Crippen LogP contribution in [0.1, 0.15) is 13.3 Å². The van der Waals surface area contributed by atoms with Gasteiger partial charge in [-0.1, -0.05) is 0 Å². The summed E-state index contributed by atoms with van der Waals surface area (Å²) in [5, 5.41) is 16.6. The van der Waals surface area contributed by atoms with Crippen LogP contribution in [0.5, 0.6) is 0 Å². The molecule has 0 fully saturated rings. The Morgan fingerprint density at radius 1 is 1.40 bits per heavy atom. The Hall–Kier alpha value is -2.15. The molecule has 2 N–H and O–H groups in total. The van der Waals surface area contributed by atoms with Crippen molar-refractivity contribution in [2.75, 3.05) is 37.8 Å². The molecule has 1 aromatic rings. The number of nitro benzene ring substituents is 1. The first kappa shape index (κ1) is 15.9. The molecule has 0 aliphatic carbocycles. The van der Waals surface area contributed by atoms with E-state index in [1.54, 1.807) is 12.1 Å². The Bertz CT molecular complexity index is 489. The van der Waals surface area contributed by atoms with Gasteiger partial charge in [0.05, 0.1) is 4.92 Å². The number of hydrogen-bond acceptors (Lipinski definition) is 5. The molecule has 1 aromatic carbocycles. The lowest BCUT2D eigenvalue weighted by Gasteiger charge is -2.11. The molecule has 0 saturated carbocycles. The SMILES string of the molecule is CC(=O)Nc1ccc(NCCCN(C)C)c([N+](=O)[O-])c1. The highest BCUT2D eigenvalue weighted by Crippen LogP contribution is 2.27. The summed E-state index contributed by atoms with van der Waals surface area (Å²) in [6.45, 7) is 2.92. The molecule has 0 saturated heterocycles. The minimum absolute atomic E-state index is 0.0406. The highest BCUT2D eigenvalue weighted by molar-refractivity contribution is 5.89. The van der Waals surface area contributed by atoms with Crippen molar-refractivity contribution in [3.05, 3.63) is 28.3 Å². The fraction of sp³-hybridized carbons (Fsp3) is 0.462. The molecule has 0 aliphatic heterocycles. The molecule has 0 atom stereocenters. The highest BCUT2D eigenvalue weighted by atomic mass is 16.6. The second-order valence-electron chi connectivity index (χ2n) is 4.75. The van der Waals surface area contributed by atoms with Crippen LogP contribution in [0.15, 0.2) is 18.2 Å². The van der Waals surface area contributed by atoms with Gasteiger partial charge in [-0.05, 0) is 39.2 Å². The van der Waals surface area contributed by atoms with E-state index in [-0.39, 0.29) is 11.6 Å². The molecule has 1 amide bonds. The average molecular weight is 280 g/mol. The number of carbonyl (C=O) groups excluding carboxylic acids is 1. The van der Waals surface area contributed by atoms with E-state index in [0.717, 1.165) is 13.0 Å². The second-order valence-corrected chi connectivity index (χ2v) is 4.75. The van der Waals surface area contributed by atoms with E-state index in [1.807, 2.05) is 14.1 Å². The summed E-state index contributed by atoms with van der Waals surface area (Å²) in [5.41, 5.74) is 0.840. The minimum atomic E-state index is -0.459. The Morgan fingerprint density at radius 3 is 2.65 bits per heavy atom. The monoisotopic (exact) mass is 280 g/mol. The smallest absolute Gasteiger partial charge is 0.294 e. The van der Waals surface area contributed by atoms with Gasteiger partial charge in [-0.2, -0.15) is 0 Å². The third kappa shape index (κ3) is 5.23. The molecule has 20 heavy (non-hydrogen) atoms. The molecule has 1 rings (SSSR count). The second kappa shape index (κ2) is 7.44. The number of carbonyl (C=O) groups is 1. The molecular formula is C13H20N4O3. The number of nitrogens with one attached hydrogen (secondary N) is 2. The van der Waals surface area contributed by atoms with Crippen molar-refractivity contribution in [2.24, 2.45) is 0 Å². The van der Waals surface area contributed by atoms with Crippen LogP contribution in [0, 0.1) is 10.1 Å². The average Bonchev–Trinajstić information content (AvgIpc) is 2.34. The van der Waals surface area contributed by atoms with Crippen LogP contribution >= 0.6 is 0 Å². The third-order valence-electron chi connectivity index (χ3n) is 2.61. The van der Waals surface area contributed by atoms with E-state index in [0.29, 0.717) is 17.9 Å². The predicted molar refractivity (Wildman–Crippen MR) is 79.1 cm³/mol. The van der Waals surface area contributed by atoms with Gasteiger partial charge >= 0.3 is 0 Å². The first-order valence-electron chi connectivity index (χ1n) is 6.35. The van der Waals surface area contributed by atoms with E-state index in [1.165, 1.54) is 13.0 Å². The van der Waals surface area contributed by atoms with E-state index in [9.17, 15) is 14.9 Å². The van der Waals surface area contributed by atoms with Gasteiger partial charge in [-0.3, -0.25) is 14.9 Å². The maximum Gasteiger partial charge on any atom is 0.294 e. The Balaban J connectivity index is 2.74. The number of anilines is 2. The van der Waals surface area contributed by atoms with E-state index in [2.05, 4.69) is 15.5 Å². The van der Waals surface area contributed by atoms with Crippen LogP contribution in [0.25, 0.3) is 0 Å². The zero-order valence-electron chi connectivity index (χ0n) is 12.0. The van der Waals surface area contributed by atoms with E-state index < -0.39 is 4.92 Å². The first-order valence-corrected chi connectivity index (χ1v) is 6.35. The lowest BCUT2D eigenvalue weighted by Crippen LogP contribution is -2.16. The Kier molecular flexibility index (Phi) is 5.92.